The van der Waals surface area contributed by atoms with Gasteiger partial charge in [0.15, 0.2) is 0 Å². The molecule has 0 saturated carbocycles. The van der Waals surface area contributed by atoms with Crippen molar-refractivity contribution in [2.45, 2.75) is 25.4 Å². The van der Waals surface area contributed by atoms with Crippen LogP contribution in [0.3, 0.4) is 0 Å². The Morgan fingerprint density at radius 3 is 1.43 bits per heavy atom. The highest BCUT2D eigenvalue weighted by atomic mass is 16.9. The minimum absolute atomic E-state index is 0.743. The molecule has 7 heavy (non-hydrogen) atoms. The van der Waals surface area contributed by atoms with E-state index in [0.717, 1.165) is 0 Å². The average Bonchev–Trinajstić information content (AvgIpc) is 1.63. The van der Waals surface area contributed by atoms with Crippen LogP contribution in [0.25, 0.3) is 0 Å². The van der Waals surface area contributed by atoms with Crippen LogP contribution >= 0.6 is 0 Å². The summed E-state index contributed by atoms with van der Waals surface area (Å²) in [5.74, 6) is -1.85. The molecule has 0 radical (unpaired) electrons. The molecule has 0 bridgehead atoms. The Labute approximate surface area is 41.5 Å². The molecule has 1 rings (SSSR count). The number of hydrogen-bond donors (Lipinski definition) is 2. The van der Waals surface area contributed by atoms with Crippen LogP contribution in [-0.2, 0) is 4.74 Å². The smallest absolute Gasteiger partial charge is 0.309 e. The van der Waals surface area contributed by atoms with Crippen LogP contribution in [0.2, 0.25) is 0 Å². The van der Waals surface area contributed by atoms with E-state index in [2.05, 4.69) is 4.74 Å². The zero-order chi connectivity index (χ0) is 5.71. The van der Waals surface area contributed by atoms with Gasteiger partial charge in [0.2, 0.25) is 0 Å². The van der Waals surface area contributed by atoms with Gasteiger partial charge in [-0.2, -0.15) is 0 Å². The highest BCUT2D eigenvalue weighted by Gasteiger charge is 2.63. The summed E-state index contributed by atoms with van der Waals surface area (Å²) in [6.07, 6.45) is 0. The first-order valence-corrected chi connectivity index (χ1v) is 2.11. The highest BCUT2D eigenvalue weighted by Crippen LogP contribution is 2.42. The predicted octanol–water partition coefficient (Wildman–Crippen LogP) is -0.566. The first-order chi connectivity index (χ1) is 2.96. The van der Waals surface area contributed by atoms with Gasteiger partial charge in [0.05, 0.1) is 0 Å². The molecule has 1 heterocycles. The third-order valence-electron chi connectivity index (χ3n) is 1.14. The third kappa shape index (κ3) is 0.534. The van der Waals surface area contributed by atoms with Crippen LogP contribution in [0, 0.1) is 0 Å². The summed E-state index contributed by atoms with van der Waals surface area (Å²) in [6.45, 7) is 3.21. The summed E-state index contributed by atoms with van der Waals surface area (Å²) >= 11 is 0. The predicted molar refractivity (Wildman–Crippen MR) is 22.3 cm³/mol. The Kier molecular flexibility index (Phi) is 0.606. The van der Waals surface area contributed by atoms with Crippen LogP contribution in [0.1, 0.15) is 13.8 Å². The standard InChI is InChI=1S/C4H8O3/c1-3(2)4(5,6)7-3/h5-6H,1-2H3. The molecule has 1 aliphatic heterocycles. The maximum Gasteiger partial charge on any atom is 0.309 e. The molecule has 3 nitrogen and oxygen atoms in total. The largest absolute Gasteiger partial charge is 0.341 e. The van der Waals surface area contributed by atoms with Crippen LogP contribution in [0.5, 0.6) is 0 Å². The number of ether oxygens (including phenoxy) is 1. The van der Waals surface area contributed by atoms with Crippen LogP contribution < -0.4 is 0 Å². The molecule has 0 aliphatic carbocycles. The Balaban J connectivity index is 2.59. The lowest BCUT2D eigenvalue weighted by atomic mass is 10.2. The fourth-order valence-corrected chi connectivity index (χ4v) is 0.330. The maximum absolute atomic E-state index is 8.49. The van der Waals surface area contributed by atoms with Crippen LogP contribution in [-0.4, -0.2) is 21.8 Å². The van der Waals surface area contributed by atoms with Gasteiger partial charge in [-0.3, -0.25) is 0 Å². The van der Waals surface area contributed by atoms with Crippen molar-refractivity contribution in [1.29, 1.82) is 0 Å². The summed E-state index contributed by atoms with van der Waals surface area (Å²) in [5.41, 5.74) is -0.743. The molecule has 42 valence electrons. The molecule has 0 amide bonds. The van der Waals surface area contributed by atoms with E-state index >= 15 is 0 Å². The number of rotatable bonds is 0. The quantitative estimate of drug-likeness (QED) is 0.320. The SMILES string of the molecule is CC1(C)OC1(O)O. The van der Waals surface area contributed by atoms with Gasteiger partial charge in [-0.25, -0.2) is 0 Å². The normalized spacial score (nSPS) is 32.6. The zero-order valence-corrected chi connectivity index (χ0v) is 4.30. The van der Waals surface area contributed by atoms with Gasteiger partial charge in [-0.1, -0.05) is 0 Å². The van der Waals surface area contributed by atoms with Gasteiger partial charge in [0.1, 0.15) is 5.60 Å². The van der Waals surface area contributed by atoms with Crippen molar-refractivity contribution in [2.75, 3.05) is 0 Å². The van der Waals surface area contributed by atoms with Crippen molar-refractivity contribution in [2.24, 2.45) is 0 Å². The average molecular weight is 104 g/mol. The Hall–Kier alpha value is -0.120. The van der Waals surface area contributed by atoms with Gasteiger partial charge in [-0.15, -0.1) is 0 Å². The molecule has 1 fully saturated rings. The summed E-state index contributed by atoms with van der Waals surface area (Å²) in [4.78, 5) is 0. The second kappa shape index (κ2) is 0.844. The van der Waals surface area contributed by atoms with Gasteiger partial charge >= 0.3 is 5.97 Å². The van der Waals surface area contributed by atoms with E-state index in [1.807, 2.05) is 0 Å². The summed E-state index contributed by atoms with van der Waals surface area (Å²) in [6, 6.07) is 0. The fraction of sp³-hybridized carbons (Fsp3) is 1.00. The second-order valence-corrected chi connectivity index (χ2v) is 2.22. The van der Waals surface area contributed by atoms with Crippen LogP contribution in [0.15, 0.2) is 0 Å². The third-order valence-corrected chi connectivity index (χ3v) is 1.14. The van der Waals surface area contributed by atoms with E-state index in [0.29, 0.717) is 0 Å². The first-order valence-electron chi connectivity index (χ1n) is 2.11. The van der Waals surface area contributed by atoms with E-state index in [1.165, 1.54) is 0 Å². The maximum atomic E-state index is 8.49. The van der Waals surface area contributed by atoms with E-state index in [4.69, 9.17) is 10.2 Å². The molecule has 0 atom stereocenters. The summed E-state index contributed by atoms with van der Waals surface area (Å²) < 4.78 is 4.40. The van der Waals surface area contributed by atoms with Crippen molar-refractivity contribution in [1.82, 2.24) is 0 Å². The molecule has 0 aromatic heterocycles. The topological polar surface area (TPSA) is 53.0 Å². The fourth-order valence-electron chi connectivity index (χ4n) is 0.330. The molecule has 0 unspecified atom stereocenters. The van der Waals surface area contributed by atoms with Crippen LogP contribution in [0.4, 0.5) is 0 Å². The Morgan fingerprint density at radius 1 is 1.29 bits per heavy atom. The Bertz CT molecular complexity index is 83.1. The Morgan fingerprint density at radius 2 is 1.43 bits per heavy atom. The van der Waals surface area contributed by atoms with Gasteiger partial charge in [-0.05, 0) is 13.8 Å². The van der Waals surface area contributed by atoms with Crippen molar-refractivity contribution >= 4 is 0 Å². The van der Waals surface area contributed by atoms with E-state index in [9.17, 15) is 0 Å². The minimum Gasteiger partial charge on any atom is -0.341 e. The highest BCUT2D eigenvalue weighted by molar-refractivity contribution is 4.92. The van der Waals surface area contributed by atoms with E-state index < -0.39 is 11.6 Å². The lowest BCUT2D eigenvalue weighted by Crippen LogP contribution is -2.17. The first kappa shape index (κ1) is 5.03. The summed E-state index contributed by atoms with van der Waals surface area (Å²) in [5, 5.41) is 17.0. The van der Waals surface area contributed by atoms with E-state index in [-0.39, 0.29) is 0 Å². The van der Waals surface area contributed by atoms with Crippen molar-refractivity contribution in [3.63, 3.8) is 0 Å². The monoisotopic (exact) mass is 104 g/mol. The number of aliphatic hydroxyl groups is 2. The molecule has 1 aliphatic rings. The van der Waals surface area contributed by atoms with E-state index in [1.54, 1.807) is 13.8 Å². The zero-order valence-electron chi connectivity index (χ0n) is 4.30. The molecule has 3 heteroatoms. The molecule has 0 aromatic carbocycles. The molecular weight excluding hydrogens is 96.0 g/mol. The number of epoxide rings is 1. The lowest BCUT2D eigenvalue weighted by Gasteiger charge is -1.93. The molecule has 0 aromatic rings. The molecule has 2 N–H and O–H groups in total. The summed E-state index contributed by atoms with van der Waals surface area (Å²) in [7, 11) is 0. The molecule has 0 spiro atoms. The van der Waals surface area contributed by atoms with Crippen molar-refractivity contribution in [3.05, 3.63) is 0 Å². The van der Waals surface area contributed by atoms with Gasteiger partial charge < -0.3 is 14.9 Å². The molecule has 1 saturated heterocycles. The lowest BCUT2D eigenvalue weighted by molar-refractivity contribution is -0.151. The van der Waals surface area contributed by atoms with Gasteiger partial charge in [0.25, 0.3) is 0 Å². The molecular formula is C4H8O3. The van der Waals surface area contributed by atoms with Crippen molar-refractivity contribution in [3.8, 4) is 0 Å². The minimum atomic E-state index is -1.85. The van der Waals surface area contributed by atoms with Gasteiger partial charge in [0, 0.05) is 0 Å². The number of hydrogen-bond acceptors (Lipinski definition) is 3. The van der Waals surface area contributed by atoms with Crippen molar-refractivity contribution < 1.29 is 14.9 Å². The second-order valence-electron chi connectivity index (χ2n) is 2.22.